The predicted octanol–water partition coefficient (Wildman–Crippen LogP) is 4.90. The summed E-state index contributed by atoms with van der Waals surface area (Å²) in [4.78, 5) is 0. The van der Waals surface area contributed by atoms with Gasteiger partial charge in [-0.05, 0) is 53.7 Å². The lowest BCUT2D eigenvalue weighted by atomic mass is 10.0. The molecule has 0 aromatic heterocycles. The monoisotopic (exact) mass is 336 g/mol. The average molecular weight is 336 g/mol. The molecule has 0 bridgehead atoms. The number of para-hydroxylation sites is 2. The number of ether oxygens (including phenoxy) is 1. The fraction of sp³-hybridized carbons (Fsp3) is 0.150. The molecule has 1 atom stereocenters. The maximum Gasteiger partial charge on any atom is 0.171 e. The van der Waals surface area contributed by atoms with Crippen LogP contribution < -0.4 is 15.4 Å². The van der Waals surface area contributed by atoms with Crippen LogP contribution in [-0.2, 0) is 0 Å². The van der Waals surface area contributed by atoms with Gasteiger partial charge in [-0.3, -0.25) is 0 Å². The topological polar surface area (TPSA) is 33.3 Å². The lowest BCUT2D eigenvalue weighted by molar-refractivity contribution is 0.417. The van der Waals surface area contributed by atoms with Crippen molar-refractivity contribution in [1.82, 2.24) is 5.32 Å². The summed E-state index contributed by atoms with van der Waals surface area (Å²) in [5.74, 6) is 0.764. The van der Waals surface area contributed by atoms with Gasteiger partial charge in [-0.1, -0.05) is 48.5 Å². The van der Waals surface area contributed by atoms with Gasteiger partial charge in [0.1, 0.15) is 5.75 Å². The highest BCUT2D eigenvalue weighted by atomic mass is 32.1. The second-order valence-electron chi connectivity index (χ2n) is 5.63. The first-order valence-electron chi connectivity index (χ1n) is 7.86. The highest BCUT2D eigenvalue weighted by molar-refractivity contribution is 7.80. The predicted molar refractivity (Wildman–Crippen MR) is 105 cm³/mol. The van der Waals surface area contributed by atoms with E-state index in [2.05, 4.69) is 60.0 Å². The number of methoxy groups -OCH3 is 1. The molecule has 3 aromatic rings. The number of anilines is 1. The quantitative estimate of drug-likeness (QED) is 0.664. The third kappa shape index (κ3) is 3.66. The highest BCUT2D eigenvalue weighted by Gasteiger charge is 2.09. The minimum atomic E-state index is 0.101. The SMILES string of the molecule is COc1ccccc1NC(=S)N[C@H](C)c1ccc2ccccc2c1. The summed E-state index contributed by atoms with van der Waals surface area (Å²) >= 11 is 5.44. The Labute approximate surface area is 147 Å². The molecule has 0 saturated carbocycles. The van der Waals surface area contributed by atoms with Crippen LogP contribution in [0, 0.1) is 0 Å². The number of fused-ring (bicyclic) bond motifs is 1. The van der Waals surface area contributed by atoms with E-state index in [0.29, 0.717) is 5.11 Å². The van der Waals surface area contributed by atoms with Gasteiger partial charge < -0.3 is 15.4 Å². The van der Waals surface area contributed by atoms with Crippen LogP contribution in [0.15, 0.2) is 66.7 Å². The first-order chi connectivity index (χ1) is 11.7. The van der Waals surface area contributed by atoms with Gasteiger partial charge >= 0.3 is 0 Å². The molecule has 3 aromatic carbocycles. The molecule has 0 amide bonds. The molecule has 4 heteroatoms. The van der Waals surface area contributed by atoms with Crippen LogP contribution in [0.5, 0.6) is 5.75 Å². The zero-order chi connectivity index (χ0) is 16.9. The van der Waals surface area contributed by atoms with E-state index in [1.165, 1.54) is 16.3 Å². The van der Waals surface area contributed by atoms with Crippen LogP contribution >= 0.6 is 12.2 Å². The Kier molecular flexibility index (Phi) is 4.96. The van der Waals surface area contributed by atoms with Gasteiger partial charge in [0.05, 0.1) is 18.8 Å². The molecular weight excluding hydrogens is 316 g/mol. The van der Waals surface area contributed by atoms with E-state index in [-0.39, 0.29) is 6.04 Å². The Balaban J connectivity index is 1.71. The second kappa shape index (κ2) is 7.32. The van der Waals surface area contributed by atoms with Gasteiger partial charge in [0, 0.05) is 0 Å². The largest absolute Gasteiger partial charge is 0.495 e. The van der Waals surface area contributed by atoms with E-state index >= 15 is 0 Å². The standard InChI is InChI=1S/C20H20N2OS/c1-14(16-12-11-15-7-3-4-8-17(15)13-16)21-20(24)22-18-9-5-6-10-19(18)23-2/h3-14H,1-2H3,(H2,21,22,24)/t14-/m1/s1. The van der Waals surface area contributed by atoms with Gasteiger partial charge in [-0.15, -0.1) is 0 Å². The number of rotatable bonds is 4. The van der Waals surface area contributed by atoms with Crippen molar-refractivity contribution in [3.63, 3.8) is 0 Å². The molecule has 0 spiro atoms. The van der Waals surface area contributed by atoms with Gasteiger partial charge in [-0.25, -0.2) is 0 Å². The van der Waals surface area contributed by atoms with Crippen LogP contribution in [-0.4, -0.2) is 12.2 Å². The molecule has 0 aliphatic heterocycles. The maximum absolute atomic E-state index is 5.44. The molecule has 24 heavy (non-hydrogen) atoms. The molecule has 3 nitrogen and oxygen atoms in total. The summed E-state index contributed by atoms with van der Waals surface area (Å²) in [6.45, 7) is 2.10. The van der Waals surface area contributed by atoms with Gasteiger partial charge in [-0.2, -0.15) is 0 Å². The molecule has 0 saturated heterocycles. The average Bonchev–Trinajstić information content (AvgIpc) is 2.61. The van der Waals surface area contributed by atoms with Gasteiger partial charge in [0.2, 0.25) is 0 Å². The molecule has 122 valence electrons. The second-order valence-corrected chi connectivity index (χ2v) is 6.04. The van der Waals surface area contributed by atoms with E-state index in [1.54, 1.807) is 7.11 Å². The maximum atomic E-state index is 5.44. The van der Waals surface area contributed by atoms with E-state index in [0.717, 1.165) is 11.4 Å². The number of hydrogen-bond acceptors (Lipinski definition) is 2. The van der Waals surface area contributed by atoms with Crippen LogP contribution in [0.4, 0.5) is 5.69 Å². The smallest absolute Gasteiger partial charge is 0.171 e. The molecule has 0 radical (unpaired) electrons. The normalized spacial score (nSPS) is 11.8. The molecule has 0 aliphatic carbocycles. The van der Waals surface area contributed by atoms with E-state index in [9.17, 15) is 0 Å². The van der Waals surface area contributed by atoms with Crippen molar-refractivity contribution in [3.8, 4) is 5.75 Å². The molecule has 0 heterocycles. The number of thiocarbonyl (C=S) groups is 1. The van der Waals surface area contributed by atoms with Crippen molar-refractivity contribution in [1.29, 1.82) is 0 Å². The van der Waals surface area contributed by atoms with Gasteiger partial charge in [0.25, 0.3) is 0 Å². The highest BCUT2D eigenvalue weighted by Crippen LogP contribution is 2.24. The third-order valence-corrected chi connectivity index (χ3v) is 4.20. The molecular formula is C20H20N2OS. The molecule has 2 N–H and O–H groups in total. The number of nitrogens with one attached hydrogen (secondary N) is 2. The van der Waals surface area contributed by atoms with Crippen LogP contribution in [0.2, 0.25) is 0 Å². The number of benzene rings is 3. The Hall–Kier alpha value is -2.59. The fourth-order valence-corrected chi connectivity index (χ4v) is 2.95. The molecule has 3 rings (SSSR count). The van der Waals surface area contributed by atoms with E-state index in [4.69, 9.17) is 17.0 Å². The Bertz CT molecular complexity index is 863. The Morgan fingerprint density at radius 1 is 0.958 bits per heavy atom. The first kappa shape index (κ1) is 16.3. The molecule has 0 aliphatic rings. The summed E-state index contributed by atoms with van der Waals surface area (Å²) < 4.78 is 5.33. The lowest BCUT2D eigenvalue weighted by Crippen LogP contribution is -2.31. The van der Waals surface area contributed by atoms with Crippen LogP contribution in [0.1, 0.15) is 18.5 Å². The van der Waals surface area contributed by atoms with Crippen molar-refractivity contribution in [2.45, 2.75) is 13.0 Å². The summed E-state index contributed by atoms with van der Waals surface area (Å²) in [6, 6.07) is 22.6. The zero-order valence-electron chi connectivity index (χ0n) is 13.7. The molecule has 0 unspecified atom stereocenters. The van der Waals surface area contributed by atoms with Gasteiger partial charge in [0.15, 0.2) is 5.11 Å². The van der Waals surface area contributed by atoms with E-state index < -0.39 is 0 Å². The zero-order valence-corrected chi connectivity index (χ0v) is 14.6. The van der Waals surface area contributed by atoms with Crippen molar-refractivity contribution in [2.75, 3.05) is 12.4 Å². The van der Waals surface area contributed by atoms with Crippen molar-refractivity contribution in [2.24, 2.45) is 0 Å². The summed E-state index contributed by atoms with van der Waals surface area (Å²) in [7, 11) is 1.65. The van der Waals surface area contributed by atoms with Crippen molar-refractivity contribution >= 4 is 33.8 Å². The van der Waals surface area contributed by atoms with Crippen LogP contribution in [0.25, 0.3) is 10.8 Å². The Morgan fingerprint density at radius 3 is 2.46 bits per heavy atom. The minimum Gasteiger partial charge on any atom is -0.495 e. The summed E-state index contributed by atoms with van der Waals surface area (Å²) in [5.41, 5.74) is 2.04. The fourth-order valence-electron chi connectivity index (χ4n) is 2.66. The number of hydrogen-bond donors (Lipinski definition) is 2. The van der Waals surface area contributed by atoms with Crippen molar-refractivity contribution < 1.29 is 4.74 Å². The summed E-state index contributed by atoms with van der Waals surface area (Å²) in [6.07, 6.45) is 0. The Morgan fingerprint density at radius 2 is 1.67 bits per heavy atom. The van der Waals surface area contributed by atoms with Crippen molar-refractivity contribution in [3.05, 3.63) is 72.3 Å². The van der Waals surface area contributed by atoms with Crippen LogP contribution in [0.3, 0.4) is 0 Å². The lowest BCUT2D eigenvalue weighted by Gasteiger charge is -2.19. The third-order valence-electron chi connectivity index (χ3n) is 3.98. The van der Waals surface area contributed by atoms with E-state index in [1.807, 2.05) is 24.3 Å². The first-order valence-corrected chi connectivity index (χ1v) is 8.27. The summed E-state index contributed by atoms with van der Waals surface area (Å²) in [5, 5.41) is 9.56. The molecule has 0 fully saturated rings. The minimum absolute atomic E-state index is 0.101.